The molecule has 1 amide bonds. The molecule has 102 valence electrons. The van der Waals surface area contributed by atoms with Crippen molar-refractivity contribution in [3.05, 3.63) is 36.5 Å². The highest BCUT2D eigenvalue weighted by molar-refractivity contribution is 5.65. The van der Waals surface area contributed by atoms with E-state index in [4.69, 9.17) is 5.11 Å². The van der Waals surface area contributed by atoms with E-state index < -0.39 is 6.09 Å². The Hall–Kier alpha value is -1.51. The number of carbonyl (C=O) groups is 1. The molecule has 0 bridgehead atoms. The van der Waals surface area contributed by atoms with Gasteiger partial charge in [0, 0.05) is 0 Å². The highest BCUT2D eigenvalue weighted by Gasteiger charge is 2.06. The largest absolute Gasteiger partial charge is 0.465 e. The van der Waals surface area contributed by atoms with Gasteiger partial charge in [-0.25, -0.2) is 4.79 Å². The highest BCUT2D eigenvalue weighted by Crippen LogP contribution is 2.06. The fourth-order valence-electron chi connectivity index (χ4n) is 1.60. The van der Waals surface area contributed by atoms with Crippen LogP contribution < -0.4 is 5.32 Å². The summed E-state index contributed by atoms with van der Waals surface area (Å²) >= 11 is 0. The first-order valence-electron chi connectivity index (χ1n) is 6.66. The minimum absolute atomic E-state index is 0.0883. The summed E-state index contributed by atoms with van der Waals surface area (Å²) in [6, 6.07) is -0.0883. The van der Waals surface area contributed by atoms with E-state index in [9.17, 15) is 4.79 Å². The van der Waals surface area contributed by atoms with Gasteiger partial charge in [0.2, 0.25) is 0 Å². The normalized spacial score (nSPS) is 13.7. The van der Waals surface area contributed by atoms with E-state index in [0.29, 0.717) is 0 Å². The summed E-state index contributed by atoms with van der Waals surface area (Å²) in [6.07, 6.45) is 16.0. The third kappa shape index (κ3) is 11.0. The van der Waals surface area contributed by atoms with Crippen LogP contribution in [0.15, 0.2) is 36.5 Å². The molecule has 0 saturated heterocycles. The summed E-state index contributed by atoms with van der Waals surface area (Å²) in [5, 5.41) is 11.3. The predicted molar refractivity (Wildman–Crippen MR) is 76.8 cm³/mol. The third-order valence-corrected chi connectivity index (χ3v) is 2.55. The first-order valence-corrected chi connectivity index (χ1v) is 6.66. The molecule has 0 aromatic carbocycles. The maximum absolute atomic E-state index is 10.7. The van der Waals surface area contributed by atoms with Crippen LogP contribution in [0, 0.1) is 0 Å². The number of unbranched alkanes of at least 4 members (excludes halogenated alkanes) is 3. The van der Waals surface area contributed by atoms with Gasteiger partial charge < -0.3 is 10.4 Å². The molecule has 0 radical (unpaired) electrons. The Morgan fingerprint density at radius 3 is 2.50 bits per heavy atom. The number of amides is 1. The van der Waals surface area contributed by atoms with Crippen molar-refractivity contribution >= 4 is 6.09 Å². The van der Waals surface area contributed by atoms with E-state index in [1.54, 1.807) is 0 Å². The molecule has 0 aliphatic heterocycles. The van der Waals surface area contributed by atoms with Crippen LogP contribution in [0.3, 0.4) is 0 Å². The molecule has 0 spiro atoms. The van der Waals surface area contributed by atoms with Gasteiger partial charge >= 0.3 is 6.09 Å². The van der Waals surface area contributed by atoms with Crippen molar-refractivity contribution in [2.45, 2.75) is 52.0 Å². The standard InChI is InChI=1S/C15H25NO2/c1-3-5-7-9-11-13-14(16-15(17)18)12-10-8-6-4-2/h3,5,7,9,11,13-14,16H,4,6,8,10,12H2,1-2H3,(H,17,18)/b5-3+,9-7+,13-11+. The van der Waals surface area contributed by atoms with Crippen molar-refractivity contribution in [2.75, 3.05) is 0 Å². The number of nitrogens with one attached hydrogen (secondary N) is 1. The number of hydrogen-bond donors (Lipinski definition) is 2. The first kappa shape index (κ1) is 16.5. The van der Waals surface area contributed by atoms with Crippen LogP contribution in [0.1, 0.15) is 46.0 Å². The monoisotopic (exact) mass is 251 g/mol. The SMILES string of the molecule is C/C=C/C=C/C=C/C(CCCCCC)NC(=O)O. The third-order valence-electron chi connectivity index (χ3n) is 2.55. The molecule has 0 aromatic rings. The van der Waals surface area contributed by atoms with Gasteiger partial charge in [-0.15, -0.1) is 0 Å². The Balaban J connectivity index is 4.08. The van der Waals surface area contributed by atoms with E-state index >= 15 is 0 Å². The highest BCUT2D eigenvalue weighted by atomic mass is 16.4. The molecule has 2 N–H and O–H groups in total. The van der Waals surface area contributed by atoms with Crippen molar-refractivity contribution in [2.24, 2.45) is 0 Å². The summed E-state index contributed by atoms with van der Waals surface area (Å²) < 4.78 is 0. The van der Waals surface area contributed by atoms with Crippen LogP contribution >= 0.6 is 0 Å². The lowest BCUT2D eigenvalue weighted by atomic mass is 10.1. The number of carboxylic acid groups (broad SMARTS) is 1. The van der Waals surface area contributed by atoms with Crippen LogP contribution in [0.4, 0.5) is 4.79 Å². The molecule has 1 unspecified atom stereocenters. The number of allylic oxidation sites excluding steroid dienone is 5. The van der Waals surface area contributed by atoms with Crippen molar-refractivity contribution in [3.8, 4) is 0 Å². The van der Waals surface area contributed by atoms with Crippen LogP contribution in [0.25, 0.3) is 0 Å². The smallest absolute Gasteiger partial charge is 0.405 e. The van der Waals surface area contributed by atoms with Gasteiger partial charge in [-0.3, -0.25) is 0 Å². The molecule has 0 rings (SSSR count). The average molecular weight is 251 g/mol. The lowest BCUT2D eigenvalue weighted by Crippen LogP contribution is -2.31. The van der Waals surface area contributed by atoms with Gasteiger partial charge in [0.05, 0.1) is 6.04 Å². The zero-order chi connectivity index (χ0) is 13.6. The molecule has 3 nitrogen and oxygen atoms in total. The van der Waals surface area contributed by atoms with Crippen LogP contribution in [-0.4, -0.2) is 17.2 Å². The van der Waals surface area contributed by atoms with Gasteiger partial charge in [0.1, 0.15) is 0 Å². The van der Waals surface area contributed by atoms with Gasteiger partial charge in [-0.2, -0.15) is 0 Å². The summed E-state index contributed by atoms with van der Waals surface area (Å²) in [7, 11) is 0. The van der Waals surface area contributed by atoms with Crippen molar-refractivity contribution in [1.29, 1.82) is 0 Å². The fraction of sp³-hybridized carbons (Fsp3) is 0.533. The lowest BCUT2D eigenvalue weighted by molar-refractivity contribution is 0.191. The van der Waals surface area contributed by atoms with Crippen LogP contribution in [0.5, 0.6) is 0 Å². The Morgan fingerprint density at radius 2 is 1.89 bits per heavy atom. The van der Waals surface area contributed by atoms with Gasteiger partial charge in [-0.05, 0) is 13.3 Å². The molecule has 0 heterocycles. The van der Waals surface area contributed by atoms with E-state index in [1.165, 1.54) is 12.8 Å². The second-order valence-corrected chi connectivity index (χ2v) is 4.20. The molecule has 0 aliphatic rings. The molecule has 0 aromatic heterocycles. The Bertz CT molecular complexity index is 293. The van der Waals surface area contributed by atoms with E-state index in [1.807, 2.05) is 43.4 Å². The zero-order valence-electron chi connectivity index (χ0n) is 11.4. The molecule has 0 saturated carbocycles. The van der Waals surface area contributed by atoms with Gasteiger partial charge in [0.25, 0.3) is 0 Å². The Labute approximate surface area is 110 Å². The van der Waals surface area contributed by atoms with Crippen molar-refractivity contribution in [3.63, 3.8) is 0 Å². The first-order chi connectivity index (χ1) is 8.70. The molecule has 1 atom stereocenters. The van der Waals surface area contributed by atoms with Gasteiger partial charge in [0.15, 0.2) is 0 Å². The van der Waals surface area contributed by atoms with Crippen LogP contribution in [0.2, 0.25) is 0 Å². The van der Waals surface area contributed by atoms with Crippen molar-refractivity contribution < 1.29 is 9.90 Å². The maximum atomic E-state index is 10.7. The topological polar surface area (TPSA) is 49.3 Å². The summed E-state index contributed by atoms with van der Waals surface area (Å²) in [5.74, 6) is 0. The van der Waals surface area contributed by atoms with E-state index in [0.717, 1.165) is 19.3 Å². The van der Waals surface area contributed by atoms with E-state index in [-0.39, 0.29) is 6.04 Å². The van der Waals surface area contributed by atoms with Crippen LogP contribution in [-0.2, 0) is 0 Å². The summed E-state index contributed by atoms with van der Waals surface area (Å²) in [4.78, 5) is 10.7. The molecule has 3 heteroatoms. The lowest BCUT2D eigenvalue weighted by Gasteiger charge is -2.12. The quantitative estimate of drug-likeness (QED) is 0.474. The molecular weight excluding hydrogens is 226 g/mol. The zero-order valence-corrected chi connectivity index (χ0v) is 11.4. The second kappa shape index (κ2) is 12.0. The number of hydrogen-bond acceptors (Lipinski definition) is 1. The Kier molecular flexibility index (Phi) is 11.0. The molecule has 0 aliphatic carbocycles. The molecular formula is C15H25NO2. The van der Waals surface area contributed by atoms with E-state index in [2.05, 4.69) is 12.2 Å². The maximum Gasteiger partial charge on any atom is 0.405 e. The molecule has 0 fully saturated rings. The minimum Gasteiger partial charge on any atom is -0.465 e. The predicted octanol–water partition coefficient (Wildman–Crippen LogP) is 4.28. The molecule has 18 heavy (non-hydrogen) atoms. The summed E-state index contributed by atoms with van der Waals surface area (Å²) in [5.41, 5.74) is 0. The second-order valence-electron chi connectivity index (χ2n) is 4.20. The average Bonchev–Trinajstić information content (AvgIpc) is 2.33. The van der Waals surface area contributed by atoms with Crippen molar-refractivity contribution in [1.82, 2.24) is 5.32 Å². The number of rotatable bonds is 9. The minimum atomic E-state index is -0.961. The Morgan fingerprint density at radius 1 is 1.17 bits per heavy atom. The fourth-order valence-corrected chi connectivity index (χ4v) is 1.60. The van der Waals surface area contributed by atoms with Gasteiger partial charge in [-0.1, -0.05) is 69.1 Å². The summed E-state index contributed by atoms with van der Waals surface area (Å²) in [6.45, 7) is 4.12.